The summed E-state index contributed by atoms with van der Waals surface area (Å²) in [6.45, 7) is 9.64. The molecule has 4 aliphatic rings. The smallest absolute Gasteiger partial charge is 0.308 e. The van der Waals surface area contributed by atoms with Gasteiger partial charge in [0, 0.05) is 0 Å². The van der Waals surface area contributed by atoms with E-state index in [1.807, 2.05) is 6.92 Å². The molecule has 4 aliphatic carbocycles. The summed E-state index contributed by atoms with van der Waals surface area (Å²) in [5.41, 5.74) is 2.42. The maximum Gasteiger partial charge on any atom is 0.308 e. The van der Waals surface area contributed by atoms with Crippen molar-refractivity contribution in [3.8, 4) is 0 Å². The highest BCUT2D eigenvalue weighted by Gasteiger charge is 2.59. The van der Waals surface area contributed by atoms with Gasteiger partial charge in [0.2, 0.25) is 0 Å². The number of rotatable bonds is 6. The summed E-state index contributed by atoms with van der Waals surface area (Å²) >= 11 is 0. The lowest BCUT2D eigenvalue weighted by atomic mass is 9.47. The molecule has 31 heavy (non-hydrogen) atoms. The van der Waals surface area contributed by atoms with Gasteiger partial charge in [0.25, 0.3) is 0 Å². The van der Waals surface area contributed by atoms with Crippen LogP contribution in [0.15, 0.2) is 11.6 Å². The molecule has 0 aromatic rings. The normalized spacial score (nSPS) is 43.8. The number of allylic oxidation sites excluding steroid dienone is 1. The molecule has 4 rings (SSSR count). The molecule has 3 fully saturated rings. The van der Waals surface area contributed by atoms with Crippen molar-refractivity contribution in [2.45, 2.75) is 104 Å². The van der Waals surface area contributed by atoms with Crippen LogP contribution in [-0.4, -0.2) is 24.3 Å². The molecule has 3 heteroatoms. The highest BCUT2D eigenvalue weighted by molar-refractivity contribution is 5.71. The van der Waals surface area contributed by atoms with E-state index in [2.05, 4.69) is 26.8 Å². The Kier molecular flexibility index (Phi) is 6.65. The number of esters is 1. The van der Waals surface area contributed by atoms with Gasteiger partial charge in [-0.2, -0.15) is 0 Å². The van der Waals surface area contributed by atoms with Crippen LogP contribution in [0.1, 0.15) is 98.3 Å². The summed E-state index contributed by atoms with van der Waals surface area (Å²) in [6, 6.07) is 0. The summed E-state index contributed by atoms with van der Waals surface area (Å²) in [5, 5.41) is 10.2. The molecule has 0 amide bonds. The lowest BCUT2D eigenvalue weighted by Gasteiger charge is -2.58. The predicted molar refractivity (Wildman–Crippen MR) is 125 cm³/mol. The van der Waals surface area contributed by atoms with Crippen molar-refractivity contribution >= 4 is 5.97 Å². The van der Waals surface area contributed by atoms with Crippen molar-refractivity contribution in [1.82, 2.24) is 0 Å². The summed E-state index contributed by atoms with van der Waals surface area (Å²) < 4.78 is 4.90. The monoisotopic (exact) mass is 430 g/mol. The number of carbonyl (C=O) groups excluding carboxylic acids is 1. The van der Waals surface area contributed by atoms with E-state index in [-0.39, 0.29) is 18.0 Å². The number of hydrogen-bond donors (Lipinski definition) is 1. The van der Waals surface area contributed by atoms with Gasteiger partial charge in [0.1, 0.15) is 0 Å². The Bertz CT molecular complexity index is 698. The van der Waals surface area contributed by atoms with Crippen LogP contribution in [0, 0.1) is 46.3 Å². The van der Waals surface area contributed by atoms with Crippen LogP contribution in [0.25, 0.3) is 0 Å². The molecule has 0 saturated heterocycles. The van der Waals surface area contributed by atoms with Crippen LogP contribution < -0.4 is 0 Å². The minimum Gasteiger partial charge on any atom is -0.469 e. The van der Waals surface area contributed by atoms with Crippen molar-refractivity contribution in [2.24, 2.45) is 46.3 Å². The molecule has 0 spiro atoms. The Morgan fingerprint density at radius 2 is 1.90 bits per heavy atom. The zero-order valence-electron chi connectivity index (χ0n) is 20.7. The van der Waals surface area contributed by atoms with Crippen LogP contribution in [-0.2, 0) is 9.53 Å². The van der Waals surface area contributed by atoms with E-state index in [9.17, 15) is 9.90 Å². The first-order chi connectivity index (χ1) is 14.7. The molecule has 0 heterocycles. The van der Waals surface area contributed by atoms with Gasteiger partial charge < -0.3 is 9.84 Å². The van der Waals surface area contributed by atoms with Crippen molar-refractivity contribution in [3.63, 3.8) is 0 Å². The van der Waals surface area contributed by atoms with Gasteiger partial charge in [-0.05, 0) is 98.2 Å². The highest BCUT2D eigenvalue weighted by Crippen LogP contribution is 2.67. The zero-order chi connectivity index (χ0) is 22.4. The minimum atomic E-state index is -0.108. The fourth-order valence-electron chi connectivity index (χ4n) is 8.88. The van der Waals surface area contributed by atoms with Crippen molar-refractivity contribution in [3.05, 3.63) is 11.6 Å². The number of fused-ring (bicyclic) bond motifs is 5. The Labute approximate surface area is 190 Å². The third kappa shape index (κ3) is 4.02. The van der Waals surface area contributed by atoms with Gasteiger partial charge in [-0.1, -0.05) is 52.2 Å². The first-order valence-electron chi connectivity index (χ1n) is 13.2. The van der Waals surface area contributed by atoms with Gasteiger partial charge in [0.15, 0.2) is 0 Å². The summed E-state index contributed by atoms with van der Waals surface area (Å²) in [4.78, 5) is 11.7. The predicted octanol–water partition coefficient (Wildman–Crippen LogP) is 6.54. The molecule has 3 nitrogen and oxygen atoms in total. The van der Waals surface area contributed by atoms with Gasteiger partial charge in [-0.25, -0.2) is 0 Å². The largest absolute Gasteiger partial charge is 0.469 e. The fourth-order valence-corrected chi connectivity index (χ4v) is 8.88. The van der Waals surface area contributed by atoms with E-state index >= 15 is 0 Å². The van der Waals surface area contributed by atoms with E-state index in [1.54, 1.807) is 5.57 Å². The van der Waals surface area contributed by atoms with Crippen LogP contribution >= 0.6 is 0 Å². The van der Waals surface area contributed by atoms with Gasteiger partial charge >= 0.3 is 5.97 Å². The number of ether oxygens (including phenoxy) is 1. The van der Waals surface area contributed by atoms with E-state index < -0.39 is 0 Å². The second-order valence-electron chi connectivity index (χ2n) is 12.2. The lowest BCUT2D eigenvalue weighted by Crippen LogP contribution is -2.50. The first-order valence-corrected chi connectivity index (χ1v) is 13.2. The summed E-state index contributed by atoms with van der Waals surface area (Å²) in [7, 11) is 1.50. The molecule has 9 atom stereocenters. The van der Waals surface area contributed by atoms with Gasteiger partial charge in [0.05, 0.1) is 19.1 Å². The number of aliphatic hydroxyl groups excluding tert-OH is 1. The third-order valence-corrected chi connectivity index (χ3v) is 10.7. The zero-order valence-corrected chi connectivity index (χ0v) is 20.7. The molecule has 3 saturated carbocycles. The number of hydrogen-bond acceptors (Lipinski definition) is 3. The second kappa shape index (κ2) is 8.84. The van der Waals surface area contributed by atoms with E-state index in [0.717, 1.165) is 55.3 Å². The number of aliphatic hydroxyl groups is 1. The van der Waals surface area contributed by atoms with E-state index in [1.165, 1.54) is 52.1 Å². The van der Waals surface area contributed by atoms with Crippen LogP contribution in [0.5, 0.6) is 0 Å². The molecule has 176 valence electrons. The topological polar surface area (TPSA) is 46.5 Å². The van der Waals surface area contributed by atoms with Crippen LogP contribution in [0.4, 0.5) is 0 Å². The Morgan fingerprint density at radius 1 is 1.13 bits per heavy atom. The molecule has 0 radical (unpaired) electrons. The molecule has 0 aromatic carbocycles. The van der Waals surface area contributed by atoms with E-state index in [0.29, 0.717) is 10.8 Å². The molecule has 0 bridgehead atoms. The van der Waals surface area contributed by atoms with Crippen LogP contribution in [0.3, 0.4) is 0 Å². The number of methoxy groups -OCH3 is 1. The summed E-state index contributed by atoms with van der Waals surface area (Å²) in [6.07, 6.45) is 15.7. The molecule has 0 aromatic heterocycles. The summed E-state index contributed by atoms with van der Waals surface area (Å²) in [5.74, 6) is 4.08. The Hall–Kier alpha value is -0.830. The van der Waals surface area contributed by atoms with Crippen LogP contribution in [0.2, 0.25) is 0 Å². The van der Waals surface area contributed by atoms with Crippen molar-refractivity contribution < 1.29 is 14.6 Å². The molecule has 1 N–H and O–H groups in total. The minimum absolute atomic E-state index is 0.0255. The maximum atomic E-state index is 11.7. The Balaban J connectivity index is 1.42. The third-order valence-electron chi connectivity index (χ3n) is 10.7. The molecule has 2 unspecified atom stereocenters. The lowest BCUT2D eigenvalue weighted by molar-refractivity contribution is -0.145. The Morgan fingerprint density at radius 3 is 2.65 bits per heavy atom. The number of carbonyl (C=O) groups is 1. The average molecular weight is 431 g/mol. The quantitative estimate of drug-likeness (QED) is 0.384. The molecular weight excluding hydrogens is 384 g/mol. The van der Waals surface area contributed by atoms with Gasteiger partial charge in [-0.15, -0.1) is 0 Å². The fraction of sp³-hybridized carbons (Fsp3) is 0.893. The average Bonchev–Trinajstić information content (AvgIpc) is 3.10. The van der Waals surface area contributed by atoms with Crippen molar-refractivity contribution in [2.75, 3.05) is 7.11 Å². The SMILES string of the molecule is COC(=O)C(C)CCC[C@@H](C)[C@H]1CC[C@H]2[C@@H]3CC=C4CC(O)CC[C@]4(C)[C@H]3CC[C@]12C. The maximum absolute atomic E-state index is 11.7. The van der Waals surface area contributed by atoms with Gasteiger partial charge in [-0.3, -0.25) is 4.79 Å². The molecule has 0 aliphatic heterocycles. The molecular formula is C28H46O3. The highest BCUT2D eigenvalue weighted by atomic mass is 16.5. The van der Waals surface area contributed by atoms with Crippen molar-refractivity contribution in [1.29, 1.82) is 0 Å². The first kappa shape index (κ1) is 23.3. The standard InChI is InChI=1S/C28H46O3/c1-18(7-6-8-19(2)26(30)31-5)23-11-12-24-22-10-9-20-17-21(29)13-15-27(20,3)25(22)14-16-28(23,24)4/h9,18-19,21-25,29H,6-8,10-17H2,1-5H3/t18-,19?,21?,22+,23-,24+,25+,27+,28-/m1/s1. The second-order valence-corrected chi connectivity index (χ2v) is 12.2. The van der Waals surface area contributed by atoms with E-state index in [4.69, 9.17) is 4.74 Å².